The standard InChI is InChI=1S/C11H14N2O2.C6H5I.C5H10N2O2.2H2S/c1-13-8-10(15-11(13)14)7-12-9-5-3-2-4-6-9;7-6-4-2-1-3-5-6;1-7-3-4(2-6)9-5(7)8;;/h2-6,10,12H,7-8H2,1H3;1-5H;4H,2-3,6H2,1H3;2*1H2/t10-;;4-;;/m0.0../s1. The van der Waals surface area contributed by atoms with Gasteiger partial charge in [0.2, 0.25) is 0 Å². The lowest BCUT2D eigenvalue weighted by Gasteiger charge is -2.10. The Morgan fingerprint density at radius 3 is 1.67 bits per heavy atom. The van der Waals surface area contributed by atoms with Gasteiger partial charge < -0.3 is 30.3 Å². The van der Waals surface area contributed by atoms with E-state index in [1.165, 1.54) is 8.47 Å². The first-order valence-electron chi connectivity index (χ1n) is 9.92. The summed E-state index contributed by atoms with van der Waals surface area (Å²) < 4.78 is 11.2. The first kappa shape index (κ1) is 31.2. The molecule has 2 fully saturated rings. The van der Waals surface area contributed by atoms with Crippen LogP contribution in [-0.2, 0) is 9.47 Å². The average molecular weight is 609 g/mol. The zero-order valence-corrected chi connectivity index (χ0v) is 22.9. The molecule has 0 aromatic heterocycles. The van der Waals surface area contributed by atoms with Crippen LogP contribution >= 0.6 is 49.6 Å². The second-order valence-corrected chi connectivity index (χ2v) is 8.30. The van der Waals surface area contributed by atoms with Gasteiger partial charge in [-0.3, -0.25) is 0 Å². The van der Waals surface area contributed by atoms with E-state index in [4.69, 9.17) is 15.2 Å². The van der Waals surface area contributed by atoms with E-state index < -0.39 is 0 Å². The predicted octanol–water partition coefficient (Wildman–Crippen LogP) is 3.46. The minimum atomic E-state index is -0.273. The molecule has 2 aromatic carbocycles. The number of anilines is 1. The second-order valence-electron chi connectivity index (χ2n) is 7.05. The van der Waals surface area contributed by atoms with Crippen molar-refractivity contribution in [2.24, 2.45) is 5.73 Å². The molecule has 2 heterocycles. The van der Waals surface area contributed by atoms with Gasteiger partial charge in [-0.25, -0.2) is 9.59 Å². The fourth-order valence-electron chi connectivity index (χ4n) is 2.73. The molecule has 33 heavy (non-hydrogen) atoms. The molecule has 8 nitrogen and oxygen atoms in total. The maximum absolute atomic E-state index is 11.1. The number of benzene rings is 2. The van der Waals surface area contributed by atoms with Gasteiger partial charge in [-0.05, 0) is 46.9 Å². The normalized spacial score (nSPS) is 18.3. The minimum absolute atomic E-state index is 0. The molecule has 2 amide bonds. The van der Waals surface area contributed by atoms with Crippen LogP contribution in [0.5, 0.6) is 0 Å². The molecule has 0 spiro atoms. The van der Waals surface area contributed by atoms with Gasteiger partial charge in [0.15, 0.2) is 0 Å². The summed E-state index contributed by atoms with van der Waals surface area (Å²) in [5, 5.41) is 3.22. The molecule has 4 rings (SSSR count). The van der Waals surface area contributed by atoms with Crippen molar-refractivity contribution in [3.8, 4) is 0 Å². The van der Waals surface area contributed by atoms with E-state index in [1.54, 1.807) is 19.0 Å². The van der Waals surface area contributed by atoms with E-state index >= 15 is 0 Å². The zero-order valence-electron chi connectivity index (χ0n) is 18.7. The first-order valence-corrected chi connectivity index (χ1v) is 11.0. The van der Waals surface area contributed by atoms with Crippen molar-refractivity contribution in [2.45, 2.75) is 12.2 Å². The summed E-state index contributed by atoms with van der Waals surface area (Å²) >= 11 is 2.28. The Kier molecular flexibility index (Phi) is 15.8. The topological polar surface area (TPSA) is 97.1 Å². The fraction of sp³-hybridized carbons (Fsp3) is 0.364. The second kappa shape index (κ2) is 16.7. The number of cyclic esters (lactones) is 2. The van der Waals surface area contributed by atoms with Crippen LogP contribution in [0.4, 0.5) is 15.3 Å². The van der Waals surface area contributed by atoms with Crippen molar-refractivity contribution < 1.29 is 19.1 Å². The zero-order chi connectivity index (χ0) is 22.6. The fourth-order valence-corrected chi connectivity index (χ4v) is 3.15. The van der Waals surface area contributed by atoms with Crippen LogP contribution in [0.25, 0.3) is 0 Å². The van der Waals surface area contributed by atoms with Crippen molar-refractivity contribution >= 4 is 67.5 Å². The summed E-state index contributed by atoms with van der Waals surface area (Å²) in [6, 6.07) is 20.1. The maximum Gasteiger partial charge on any atom is 0.410 e. The molecule has 0 unspecified atom stereocenters. The van der Waals surface area contributed by atoms with E-state index in [1.807, 2.05) is 48.5 Å². The SMILES string of the molecule is CN1C[C@H](CN)OC1=O.CN1C[C@H](CNc2ccccc2)OC1=O.Ic1ccccc1.S.S. The highest BCUT2D eigenvalue weighted by molar-refractivity contribution is 14.1. The van der Waals surface area contributed by atoms with Gasteiger partial charge in [0.1, 0.15) is 12.2 Å². The summed E-state index contributed by atoms with van der Waals surface area (Å²) in [7, 11) is 3.43. The Morgan fingerprint density at radius 1 is 0.879 bits per heavy atom. The third-order valence-corrected chi connectivity index (χ3v) is 5.14. The minimum Gasteiger partial charge on any atom is -0.443 e. The highest BCUT2D eigenvalue weighted by Crippen LogP contribution is 2.11. The summed E-state index contributed by atoms with van der Waals surface area (Å²) in [5.74, 6) is 0. The number of ether oxygens (including phenoxy) is 2. The Hall–Kier alpha value is -1.83. The van der Waals surface area contributed by atoms with Crippen LogP contribution in [0.2, 0.25) is 0 Å². The van der Waals surface area contributed by atoms with Crippen LogP contribution in [0, 0.1) is 3.57 Å². The van der Waals surface area contributed by atoms with Crippen molar-refractivity contribution in [3.63, 3.8) is 0 Å². The number of halogens is 1. The average Bonchev–Trinajstić information content (AvgIpc) is 3.28. The van der Waals surface area contributed by atoms with Crippen LogP contribution in [0.3, 0.4) is 0 Å². The number of nitrogens with zero attached hydrogens (tertiary/aromatic N) is 2. The number of carbonyl (C=O) groups is 2. The van der Waals surface area contributed by atoms with E-state index in [9.17, 15) is 9.59 Å². The molecule has 11 heteroatoms. The number of hydrogen-bond acceptors (Lipinski definition) is 6. The Bertz CT molecular complexity index is 821. The Morgan fingerprint density at radius 2 is 1.33 bits per heavy atom. The number of likely N-dealkylation sites (N-methyl/N-ethyl adjacent to an activating group) is 2. The van der Waals surface area contributed by atoms with E-state index in [-0.39, 0.29) is 51.4 Å². The summed E-state index contributed by atoms with van der Waals surface area (Å²) in [5.41, 5.74) is 6.30. The molecule has 0 bridgehead atoms. The highest BCUT2D eigenvalue weighted by Gasteiger charge is 2.28. The largest absolute Gasteiger partial charge is 0.443 e. The number of rotatable bonds is 4. The van der Waals surface area contributed by atoms with E-state index in [2.05, 4.69) is 40.0 Å². The summed E-state index contributed by atoms with van der Waals surface area (Å²) in [6.45, 7) is 2.34. The maximum atomic E-state index is 11.1. The molecule has 2 saturated heterocycles. The predicted molar refractivity (Wildman–Crippen MR) is 150 cm³/mol. The van der Waals surface area contributed by atoms with Gasteiger partial charge in [0, 0.05) is 29.9 Å². The van der Waals surface area contributed by atoms with Crippen molar-refractivity contribution in [2.75, 3.05) is 45.6 Å². The molecule has 0 radical (unpaired) electrons. The van der Waals surface area contributed by atoms with Crippen molar-refractivity contribution in [3.05, 3.63) is 64.2 Å². The van der Waals surface area contributed by atoms with E-state index in [0.717, 1.165) is 5.69 Å². The smallest absolute Gasteiger partial charge is 0.410 e. The molecule has 3 N–H and O–H groups in total. The van der Waals surface area contributed by atoms with Crippen LogP contribution in [0.1, 0.15) is 0 Å². The summed E-state index contributed by atoms with van der Waals surface area (Å²) in [6.07, 6.45) is -0.662. The van der Waals surface area contributed by atoms with Crippen molar-refractivity contribution in [1.82, 2.24) is 9.80 Å². The number of nitrogens with one attached hydrogen (secondary N) is 1. The van der Waals surface area contributed by atoms with E-state index in [0.29, 0.717) is 26.2 Å². The number of carbonyl (C=O) groups excluding carboxylic acids is 2. The molecule has 2 atom stereocenters. The van der Waals surface area contributed by atoms with Gasteiger partial charge in [-0.2, -0.15) is 27.0 Å². The molecule has 2 aliphatic rings. The summed E-state index contributed by atoms with van der Waals surface area (Å²) in [4.78, 5) is 24.8. The molecule has 2 aromatic rings. The molecule has 0 saturated carbocycles. The highest BCUT2D eigenvalue weighted by atomic mass is 127. The lowest BCUT2D eigenvalue weighted by atomic mass is 10.3. The molecular formula is C22H33IN4O4S2. The molecule has 0 aliphatic carbocycles. The Balaban J connectivity index is 0.000000491. The van der Waals surface area contributed by atoms with Gasteiger partial charge in [0.25, 0.3) is 0 Å². The lowest BCUT2D eigenvalue weighted by molar-refractivity contribution is 0.137. The van der Waals surface area contributed by atoms with Gasteiger partial charge >= 0.3 is 12.2 Å². The first-order chi connectivity index (χ1) is 14.9. The third-order valence-electron chi connectivity index (χ3n) is 4.42. The van der Waals surface area contributed by atoms with Crippen LogP contribution < -0.4 is 11.1 Å². The number of para-hydroxylation sites is 1. The van der Waals surface area contributed by atoms with Gasteiger partial charge in [-0.1, -0.05) is 36.4 Å². The van der Waals surface area contributed by atoms with Crippen LogP contribution in [-0.4, -0.2) is 74.5 Å². The lowest BCUT2D eigenvalue weighted by Crippen LogP contribution is -2.24. The molecule has 184 valence electrons. The Labute approximate surface area is 223 Å². The van der Waals surface area contributed by atoms with Gasteiger partial charge in [0.05, 0.1) is 19.6 Å². The number of hydrogen-bond donors (Lipinski definition) is 2. The number of amides is 2. The molecule has 2 aliphatic heterocycles. The molecular weight excluding hydrogens is 575 g/mol. The third kappa shape index (κ3) is 11.7. The quantitative estimate of drug-likeness (QED) is 0.517. The van der Waals surface area contributed by atoms with Gasteiger partial charge in [-0.15, -0.1) is 0 Å². The van der Waals surface area contributed by atoms with Crippen molar-refractivity contribution in [1.29, 1.82) is 0 Å². The number of nitrogens with two attached hydrogens (primary N) is 1. The monoisotopic (exact) mass is 608 g/mol. The van der Waals surface area contributed by atoms with Crippen LogP contribution in [0.15, 0.2) is 60.7 Å².